The summed E-state index contributed by atoms with van der Waals surface area (Å²) in [6.07, 6.45) is 3.97. The number of hydrogen-bond donors (Lipinski definition) is 1. The Labute approximate surface area is 119 Å². The molecule has 110 valence electrons. The van der Waals surface area contributed by atoms with Gasteiger partial charge in [-0.05, 0) is 50.6 Å². The highest BCUT2D eigenvalue weighted by Crippen LogP contribution is 2.43. The molecule has 1 aromatic rings. The Hall–Kier alpha value is -1.13. The van der Waals surface area contributed by atoms with Gasteiger partial charge in [-0.15, -0.1) is 0 Å². The fraction of sp³-hybridized carbons (Fsp3) is 0.625. The van der Waals surface area contributed by atoms with Crippen LogP contribution >= 0.6 is 0 Å². The number of likely N-dealkylation sites (tertiary alicyclic amines) is 1. The van der Waals surface area contributed by atoms with Crippen molar-refractivity contribution in [3.63, 3.8) is 0 Å². The van der Waals surface area contributed by atoms with Gasteiger partial charge in [0.2, 0.25) is 0 Å². The van der Waals surface area contributed by atoms with Crippen LogP contribution in [0.3, 0.4) is 0 Å². The lowest BCUT2D eigenvalue weighted by Gasteiger charge is -2.41. The van der Waals surface area contributed by atoms with Crippen LogP contribution in [0.2, 0.25) is 0 Å². The maximum absolute atomic E-state index is 13.3. The van der Waals surface area contributed by atoms with Crippen molar-refractivity contribution >= 4 is 0 Å². The van der Waals surface area contributed by atoms with Gasteiger partial charge in [0.1, 0.15) is 17.2 Å². The van der Waals surface area contributed by atoms with Crippen LogP contribution in [0, 0.1) is 5.82 Å². The average Bonchev–Trinajstić information content (AvgIpc) is 2.62. The minimum absolute atomic E-state index is 0.123. The fourth-order valence-electron chi connectivity index (χ4n) is 3.53. The van der Waals surface area contributed by atoms with Gasteiger partial charge in [0.25, 0.3) is 0 Å². The zero-order valence-corrected chi connectivity index (χ0v) is 12.1. The van der Waals surface area contributed by atoms with Gasteiger partial charge in [0.05, 0.1) is 0 Å². The molecule has 3 nitrogen and oxygen atoms in total. The predicted molar refractivity (Wildman–Crippen MR) is 77.3 cm³/mol. The number of nitrogens with two attached hydrogens (primary N) is 1. The van der Waals surface area contributed by atoms with Gasteiger partial charge in [-0.25, -0.2) is 4.39 Å². The molecule has 2 heterocycles. The van der Waals surface area contributed by atoms with Gasteiger partial charge in [-0.3, -0.25) is 0 Å². The van der Waals surface area contributed by atoms with E-state index in [2.05, 4.69) is 11.8 Å². The molecule has 0 radical (unpaired) electrons. The van der Waals surface area contributed by atoms with Gasteiger partial charge in [-0.2, -0.15) is 0 Å². The summed E-state index contributed by atoms with van der Waals surface area (Å²) in [5.41, 5.74) is 6.93. The van der Waals surface area contributed by atoms with E-state index in [0.717, 1.165) is 56.6 Å². The van der Waals surface area contributed by atoms with Crippen molar-refractivity contribution in [3.8, 4) is 5.75 Å². The Kier molecular flexibility index (Phi) is 3.69. The van der Waals surface area contributed by atoms with Crippen LogP contribution in [0.15, 0.2) is 18.2 Å². The highest BCUT2D eigenvalue weighted by molar-refractivity contribution is 5.39. The normalized spacial score (nSPS) is 30.6. The summed E-state index contributed by atoms with van der Waals surface area (Å²) in [6, 6.07) is 4.58. The number of fused-ring (bicyclic) bond motifs is 1. The maximum Gasteiger partial charge on any atom is 0.125 e. The zero-order valence-electron chi connectivity index (χ0n) is 12.1. The highest BCUT2D eigenvalue weighted by atomic mass is 19.1. The van der Waals surface area contributed by atoms with E-state index in [4.69, 9.17) is 10.5 Å². The van der Waals surface area contributed by atoms with Crippen LogP contribution in [0.25, 0.3) is 0 Å². The molecule has 2 aliphatic rings. The van der Waals surface area contributed by atoms with Crippen LogP contribution in [0.5, 0.6) is 5.75 Å². The first kappa shape index (κ1) is 13.8. The number of benzene rings is 1. The van der Waals surface area contributed by atoms with Crippen molar-refractivity contribution in [2.45, 2.75) is 44.2 Å². The largest absolute Gasteiger partial charge is 0.487 e. The highest BCUT2D eigenvalue weighted by Gasteiger charge is 2.40. The molecule has 0 amide bonds. The van der Waals surface area contributed by atoms with E-state index in [1.54, 1.807) is 6.07 Å². The molecule has 1 aromatic carbocycles. The second-order valence-corrected chi connectivity index (χ2v) is 6.07. The molecule has 4 heteroatoms. The fourth-order valence-corrected chi connectivity index (χ4v) is 3.53. The molecular formula is C16H23FN2O. The summed E-state index contributed by atoms with van der Waals surface area (Å²) in [7, 11) is 0. The first-order valence-corrected chi connectivity index (χ1v) is 7.58. The van der Waals surface area contributed by atoms with Crippen LogP contribution in [0.1, 0.15) is 44.2 Å². The van der Waals surface area contributed by atoms with Crippen molar-refractivity contribution in [1.82, 2.24) is 4.90 Å². The van der Waals surface area contributed by atoms with Crippen molar-refractivity contribution in [2.75, 3.05) is 19.6 Å². The molecule has 0 bridgehead atoms. The van der Waals surface area contributed by atoms with Gasteiger partial charge in [0, 0.05) is 24.6 Å². The summed E-state index contributed by atoms with van der Waals surface area (Å²) in [6.45, 7) is 5.47. The summed E-state index contributed by atoms with van der Waals surface area (Å²) < 4.78 is 19.6. The molecule has 0 aromatic heterocycles. The first-order valence-electron chi connectivity index (χ1n) is 7.58. The van der Waals surface area contributed by atoms with Crippen molar-refractivity contribution in [3.05, 3.63) is 29.6 Å². The lowest BCUT2D eigenvalue weighted by Crippen LogP contribution is -2.43. The number of nitrogens with zero attached hydrogens (tertiary/aromatic N) is 1. The molecule has 3 rings (SSSR count). The molecule has 2 atom stereocenters. The maximum atomic E-state index is 13.3. The predicted octanol–water partition coefficient (Wildman–Crippen LogP) is 2.85. The number of rotatable bonds is 1. The van der Waals surface area contributed by atoms with Crippen LogP contribution in [0.4, 0.5) is 4.39 Å². The third-order valence-electron chi connectivity index (χ3n) is 4.73. The Morgan fingerprint density at radius 2 is 2.25 bits per heavy atom. The molecule has 1 fully saturated rings. The minimum atomic E-state index is -0.239. The van der Waals surface area contributed by atoms with E-state index >= 15 is 0 Å². The van der Waals surface area contributed by atoms with E-state index in [1.807, 2.05) is 0 Å². The average molecular weight is 278 g/mol. The van der Waals surface area contributed by atoms with Gasteiger partial charge >= 0.3 is 0 Å². The van der Waals surface area contributed by atoms with Gasteiger partial charge < -0.3 is 15.4 Å². The Balaban J connectivity index is 1.85. The summed E-state index contributed by atoms with van der Waals surface area (Å²) in [5.74, 6) is 0.534. The third kappa shape index (κ3) is 2.54. The monoisotopic (exact) mass is 278 g/mol. The number of hydrogen-bond acceptors (Lipinski definition) is 3. The lowest BCUT2D eigenvalue weighted by molar-refractivity contribution is 0.0217. The molecular weight excluding hydrogens is 255 g/mol. The Morgan fingerprint density at radius 1 is 1.40 bits per heavy atom. The standard InChI is InChI=1S/C16H23FN2O/c1-2-19-8-3-6-16(7-9-19)11-14(18)13-10-12(17)4-5-15(13)20-16/h4-5,10,14H,2-3,6-9,11,18H2,1H3/t14-,16?/m1/s1. The number of halogens is 1. The van der Waals surface area contributed by atoms with Gasteiger partial charge in [-0.1, -0.05) is 6.92 Å². The van der Waals surface area contributed by atoms with E-state index in [9.17, 15) is 4.39 Å². The molecule has 2 aliphatic heterocycles. The Morgan fingerprint density at radius 3 is 3.05 bits per heavy atom. The van der Waals surface area contributed by atoms with E-state index in [0.29, 0.717) is 0 Å². The molecule has 1 unspecified atom stereocenters. The topological polar surface area (TPSA) is 38.5 Å². The molecule has 0 saturated carbocycles. The first-order chi connectivity index (χ1) is 9.62. The van der Waals surface area contributed by atoms with Crippen molar-refractivity contribution in [2.24, 2.45) is 5.73 Å². The molecule has 20 heavy (non-hydrogen) atoms. The zero-order chi connectivity index (χ0) is 14.2. The summed E-state index contributed by atoms with van der Waals surface area (Å²) in [5, 5.41) is 0. The quantitative estimate of drug-likeness (QED) is 0.858. The van der Waals surface area contributed by atoms with Crippen LogP contribution < -0.4 is 10.5 Å². The smallest absolute Gasteiger partial charge is 0.125 e. The summed E-state index contributed by atoms with van der Waals surface area (Å²) >= 11 is 0. The van der Waals surface area contributed by atoms with E-state index in [-0.39, 0.29) is 17.5 Å². The van der Waals surface area contributed by atoms with Crippen molar-refractivity contribution < 1.29 is 9.13 Å². The van der Waals surface area contributed by atoms with Crippen LogP contribution in [-0.2, 0) is 0 Å². The molecule has 1 spiro atoms. The van der Waals surface area contributed by atoms with Crippen molar-refractivity contribution in [1.29, 1.82) is 0 Å². The van der Waals surface area contributed by atoms with Crippen LogP contribution in [-0.4, -0.2) is 30.1 Å². The summed E-state index contributed by atoms with van der Waals surface area (Å²) in [4.78, 5) is 2.46. The minimum Gasteiger partial charge on any atom is -0.487 e. The Bertz CT molecular complexity index is 493. The van der Waals surface area contributed by atoms with E-state index in [1.165, 1.54) is 12.1 Å². The SMILES string of the molecule is CCN1CCCC2(CC1)C[C@@H](N)c1cc(F)ccc1O2. The molecule has 1 saturated heterocycles. The second kappa shape index (κ2) is 5.34. The van der Waals surface area contributed by atoms with E-state index < -0.39 is 0 Å². The molecule has 0 aliphatic carbocycles. The second-order valence-electron chi connectivity index (χ2n) is 6.07. The lowest BCUT2D eigenvalue weighted by atomic mass is 9.82. The number of ether oxygens (including phenoxy) is 1. The molecule has 2 N–H and O–H groups in total. The van der Waals surface area contributed by atoms with Gasteiger partial charge in [0.15, 0.2) is 0 Å². The third-order valence-corrected chi connectivity index (χ3v) is 4.73.